The number of piperazine rings is 1. The maximum absolute atomic E-state index is 6.04. The number of anilines is 1. The van der Waals surface area contributed by atoms with E-state index in [4.69, 9.17) is 35.4 Å². The summed E-state index contributed by atoms with van der Waals surface area (Å²) in [4.78, 5) is 4.65. The van der Waals surface area contributed by atoms with Crippen molar-refractivity contribution in [2.24, 2.45) is 0 Å². The van der Waals surface area contributed by atoms with Crippen LogP contribution in [-0.4, -0.2) is 41.1 Å². The number of benzene rings is 2. The largest absolute Gasteiger partial charge is 0.346 e. The summed E-state index contributed by atoms with van der Waals surface area (Å²) in [6.45, 7) is 6.90. The summed E-state index contributed by atoms with van der Waals surface area (Å²) < 4.78 is 0. The van der Waals surface area contributed by atoms with Gasteiger partial charge in [0, 0.05) is 48.5 Å². The number of hydrogen-bond acceptors (Lipinski definition) is 2. The molecule has 1 fully saturated rings. The van der Waals surface area contributed by atoms with Crippen molar-refractivity contribution in [2.45, 2.75) is 13.5 Å². The maximum Gasteiger partial charge on any atom is 0.173 e. The van der Waals surface area contributed by atoms with Gasteiger partial charge in [0.05, 0.1) is 0 Å². The molecule has 2 aromatic rings. The van der Waals surface area contributed by atoms with Crippen LogP contribution >= 0.6 is 35.4 Å². The molecule has 0 atom stereocenters. The highest BCUT2D eigenvalue weighted by Gasteiger charge is 2.19. The Kier molecular flexibility index (Phi) is 6.18. The molecule has 3 rings (SSSR count). The van der Waals surface area contributed by atoms with Gasteiger partial charge in [-0.25, -0.2) is 0 Å². The zero-order chi connectivity index (χ0) is 17.8. The van der Waals surface area contributed by atoms with Crippen LogP contribution < -0.4 is 5.32 Å². The minimum absolute atomic E-state index is 0.598. The summed E-state index contributed by atoms with van der Waals surface area (Å²) >= 11 is 17.6. The van der Waals surface area contributed by atoms with Gasteiger partial charge in [-0.05, 0) is 42.9 Å². The lowest BCUT2D eigenvalue weighted by Gasteiger charge is -2.36. The predicted molar refractivity (Wildman–Crippen MR) is 111 cm³/mol. The molecule has 0 amide bonds. The third-order valence-corrected chi connectivity index (χ3v) is 5.10. The quantitative estimate of drug-likeness (QED) is 0.753. The van der Waals surface area contributed by atoms with E-state index in [1.54, 1.807) is 6.07 Å². The van der Waals surface area contributed by atoms with Crippen molar-refractivity contribution in [3.05, 3.63) is 63.6 Å². The molecule has 132 valence electrons. The molecule has 1 aliphatic heterocycles. The molecule has 0 aromatic heterocycles. The van der Waals surface area contributed by atoms with E-state index in [0.29, 0.717) is 15.2 Å². The van der Waals surface area contributed by atoms with Crippen LogP contribution in [0.15, 0.2) is 42.5 Å². The Morgan fingerprint density at radius 2 is 1.60 bits per heavy atom. The average Bonchev–Trinajstić information content (AvgIpc) is 2.56. The Hall–Kier alpha value is -1.33. The van der Waals surface area contributed by atoms with Crippen LogP contribution in [0.25, 0.3) is 0 Å². The van der Waals surface area contributed by atoms with Crippen LogP contribution in [0.1, 0.15) is 11.1 Å². The first-order chi connectivity index (χ1) is 12.0. The molecule has 0 bridgehead atoms. The fraction of sp³-hybridized carbons (Fsp3) is 0.316. The van der Waals surface area contributed by atoms with Gasteiger partial charge in [-0.2, -0.15) is 0 Å². The van der Waals surface area contributed by atoms with E-state index < -0.39 is 0 Å². The van der Waals surface area contributed by atoms with Gasteiger partial charge in [-0.15, -0.1) is 0 Å². The SMILES string of the molecule is Cc1ccc(CN2CCN(C(=S)Nc3cc(Cl)cc(Cl)c3)CC2)cc1. The van der Waals surface area contributed by atoms with E-state index in [2.05, 4.69) is 46.3 Å². The Bertz CT molecular complexity index is 721. The van der Waals surface area contributed by atoms with E-state index in [1.165, 1.54) is 11.1 Å². The van der Waals surface area contributed by atoms with Gasteiger partial charge in [-0.3, -0.25) is 4.90 Å². The highest BCUT2D eigenvalue weighted by molar-refractivity contribution is 7.80. The molecule has 1 saturated heterocycles. The van der Waals surface area contributed by atoms with E-state index in [1.807, 2.05) is 12.1 Å². The van der Waals surface area contributed by atoms with Gasteiger partial charge in [0.25, 0.3) is 0 Å². The second kappa shape index (κ2) is 8.37. The van der Waals surface area contributed by atoms with Crippen LogP contribution in [-0.2, 0) is 6.54 Å². The van der Waals surface area contributed by atoms with Crippen molar-refractivity contribution in [1.82, 2.24) is 9.80 Å². The van der Waals surface area contributed by atoms with Crippen molar-refractivity contribution < 1.29 is 0 Å². The average molecular weight is 394 g/mol. The molecule has 1 aliphatic rings. The standard InChI is InChI=1S/C19H21Cl2N3S/c1-14-2-4-15(5-3-14)13-23-6-8-24(9-7-23)19(25)22-18-11-16(20)10-17(21)12-18/h2-5,10-12H,6-9,13H2,1H3,(H,22,25). The number of nitrogens with zero attached hydrogens (tertiary/aromatic N) is 2. The van der Waals surface area contributed by atoms with Crippen molar-refractivity contribution in [2.75, 3.05) is 31.5 Å². The van der Waals surface area contributed by atoms with Crippen LogP contribution in [0.2, 0.25) is 10.0 Å². The van der Waals surface area contributed by atoms with Gasteiger partial charge in [0.1, 0.15) is 0 Å². The van der Waals surface area contributed by atoms with Gasteiger partial charge in [0.2, 0.25) is 0 Å². The van der Waals surface area contributed by atoms with Crippen LogP contribution in [0.4, 0.5) is 5.69 Å². The number of aryl methyl sites for hydroxylation is 1. The van der Waals surface area contributed by atoms with Gasteiger partial charge >= 0.3 is 0 Å². The summed E-state index contributed by atoms with van der Waals surface area (Å²) in [5, 5.41) is 5.15. The molecule has 25 heavy (non-hydrogen) atoms. The third-order valence-electron chi connectivity index (χ3n) is 4.30. The highest BCUT2D eigenvalue weighted by atomic mass is 35.5. The van der Waals surface area contributed by atoms with Gasteiger partial charge in [0.15, 0.2) is 5.11 Å². The molecule has 0 aliphatic carbocycles. The molecule has 0 spiro atoms. The summed E-state index contributed by atoms with van der Waals surface area (Å²) in [5.74, 6) is 0. The topological polar surface area (TPSA) is 18.5 Å². The Balaban J connectivity index is 1.51. The summed E-state index contributed by atoms with van der Waals surface area (Å²) in [5.41, 5.74) is 3.48. The lowest BCUT2D eigenvalue weighted by Crippen LogP contribution is -2.49. The first-order valence-corrected chi connectivity index (χ1v) is 9.46. The second-order valence-electron chi connectivity index (χ2n) is 6.34. The molecule has 0 saturated carbocycles. The van der Waals surface area contributed by atoms with Crippen LogP contribution in [0, 0.1) is 6.92 Å². The molecule has 1 N–H and O–H groups in total. The lowest BCUT2D eigenvalue weighted by molar-refractivity contribution is 0.177. The van der Waals surface area contributed by atoms with Gasteiger partial charge < -0.3 is 10.2 Å². The fourth-order valence-electron chi connectivity index (χ4n) is 2.89. The zero-order valence-corrected chi connectivity index (χ0v) is 16.5. The number of thiocarbonyl (C=S) groups is 1. The minimum Gasteiger partial charge on any atom is -0.346 e. The maximum atomic E-state index is 6.04. The number of rotatable bonds is 3. The lowest BCUT2D eigenvalue weighted by atomic mass is 10.1. The van der Waals surface area contributed by atoms with Crippen LogP contribution in [0.3, 0.4) is 0 Å². The number of hydrogen-bond donors (Lipinski definition) is 1. The molecule has 6 heteroatoms. The van der Waals surface area contributed by atoms with E-state index in [0.717, 1.165) is 38.4 Å². The summed E-state index contributed by atoms with van der Waals surface area (Å²) in [7, 11) is 0. The van der Waals surface area contributed by atoms with Gasteiger partial charge in [-0.1, -0.05) is 53.0 Å². The van der Waals surface area contributed by atoms with Crippen molar-refractivity contribution >= 4 is 46.2 Å². The smallest absolute Gasteiger partial charge is 0.173 e. The van der Waals surface area contributed by atoms with E-state index >= 15 is 0 Å². The monoisotopic (exact) mass is 393 g/mol. The second-order valence-corrected chi connectivity index (χ2v) is 7.60. The van der Waals surface area contributed by atoms with E-state index in [-0.39, 0.29) is 0 Å². The number of nitrogens with one attached hydrogen (secondary N) is 1. The Morgan fingerprint density at radius 3 is 2.20 bits per heavy atom. The number of halogens is 2. The Morgan fingerprint density at radius 1 is 1.00 bits per heavy atom. The summed E-state index contributed by atoms with van der Waals surface area (Å²) in [6, 6.07) is 14.1. The first-order valence-electron chi connectivity index (χ1n) is 8.29. The molecule has 2 aromatic carbocycles. The van der Waals surface area contributed by atoms with Crippen LogP contribution in [0.5, 0.6) is 0 Å². The molecule has 0 radical (unpaired) electrons. The highest BCUT2D eigenvalue weighted by Crippen LogP contribution is 2.23. The van der Waals surface area contributed by atoms with Crippen molar-refractivity contribution in [3.8, 4) is 0 Å². The molecule has 0 unspecified atom stereocenters. The Labute approximate surface area is 164 Å². The molecule has 1 heterocycles. The fourth-order valence-corrected chi connectivity index (χ4v) is 3.72. The zero-order valence-electron chi connectivity index (χ0n) is 14.1. The molecular weight excluding hydrogens is 373 g/mol. The van der Waals surface area contributed by atoms with Crippen molar-refractivity contribution in [1.29, 1.82) is 0 Å². The van der Waals surface area contributed by atoms with Crippen molar-refractivity contribution in [3.63, 3.8) is 0 Å². The molecule has 3 nitrogen and oxygen atoms in total. The normalized spacial score (nSPS) is 15.2. The minimum atomic E-state index is 0.598. The summed E-state index contributed by atoms with van der Waals surface area (Å²) in [6.07, 6.45) is 0. The van der Waals surface area contributed by atoms with E-state index in [9.17, 15) is 0 Å². The predicted octanol–water partition coefficient (Wildman–Crippen LogP) is 4.82. The third kappa shape index (κ3) is 5.32. The molecular formula is C19H21Cl2N3S. The first kappa shape index (κ1) is 18.5.